The Kier molecular flexibility index (Phi) is 5.72. The van der Waals surface area contributed by atoms with Crippen molar-refractivity contribution < 1.29 is 22.7 Å². The van der Waals surface area contributed by atoms with Gasteiger partial charge in [-0.15, -0.1) is 0 Å². The van der Waals surface area contributed by atoms with Crippen LogP contribution in [0.4, 0.5) is 0 Å². The lowest BCUT2D eigenvalue weighted by Gasteiger charge is -2.35. The monoisotopic (exact) mass is 382 g/mol. The number of piperidine rings is 1. The standard InChI is InChI=1S/C18H26N2O5S/c1-3-19(12-15-13-24-16-8-4-5-9-17(16)25-15)18(21)14-7-6-10-20(11-14)26(2,22)23/h4-5,8-9,14-15H,3,6-7,10-13H2,1-2H3. The van der Waals surface area contributed by atoms with Gasteiger partial charge in [0.2, 0.25) is 15.9 Å². The molecule has 0 N–H and O–H groups in total. The number of nitrogens with zero attached hydrogens (tertiary/aromatic N) is 2. The van der Waals surface area contributed by atoms with Crippen LogP contribution < -0.4 is 9.47 Å². The number of rotatable bonds is 5. The molecule has 26 heavy (non-hydrogen) atoms. The summed E-state index contributed by atoms with van der Waals surface area (Å²) in [5.41, 5.74) is 0. The molecule has 3 rings (SSSR count). The molecule has 2 unspecified atom stereocenters. The SMILES string of the molecule is CCN(CC1COc2ccccc2O1)C(=O)C1CCCN(S(C)(=O)=O)C1. The van der Waals surface area contributed by atoms with E-state index in [4.69, 9.17) is 9.47 Å². The maximum atomic E-state index is 12.9. The van der Waals surface area contributed by atoms with Crippen LogP contribution in [0, 0.1) is 5.92 Å². The second-order valence-corrected chi connectivity index (χ2v) is 8.82. The molecule has 1 saturated heterocycles. The predicted octanol–water partition coefficient (Wildman–Crippen LogP) is 1.35. The van der Waals surface area contributed by atoms with E-state index in [-0.39, 0.29) is 24.5 Å². The lowest BCUT2D eigenvalue weighted by atomic mass is 9.98. The molecule has 0 bridgehead atoms. The van der Waals surface area contributed by atoms with Crippen LogP contribution in [0.15, 0.2) is 24.3 Å². The highest BCUT2D eigenvalue weighted by atomic mass is 32.2. The molecule has 0 aromatic heterocycles. The van der Waals surface area contributed by atoms with E-state index < -0.39 is 10.0 Å². The number of para-hydroxylation sites is 2. The molecule has 1 aromatic carbocycles. The summed E-state index contributed by atoms with van der Waals surface area (Å²) in [4.78, 5) is 14.7. The van der Waals surface area contributed by atoms with Crippen LogP contribution in [0.2, 0.25) is 0 Å². The summed E-state index contributed by atoms with van der Waals surface area (Å²) >= 11 is 0. The third-order valence-electron chi connectivity index (χ3n) is 4.89. The number of ether oxygens (including phenoxy) is 2. The first kappa shape index (κ1) is 19.0. The predicted molar refractivity (Wildman–Crippen MR) is 97.7 cm³/mol. The summed E-state index contributed by atoms with van der Waals surface area (Å²) < 4.78 is 36.7. The van der Waals surface area contributed by atoms with Crippen molar-refractivity contribution in [2.45, 2.75) is 25.9 Å². The van der Waals surface area contributed by atoms with E-state index in [1.165, 1.54) is 10.6 Å². The van der Waals surface area contributed by atoms with Crippen molar-refractivity contribution in [2.75, 3.05) is 39.0 Å². The Balaban J connectivity index is 1.63. The molecule has 2 aliphatic heterocycles. The average Bonchev–Trinajstić information content (AvgIpc) is 2.65. The Morgan fingerprint density at radius 2 is 2.04 bits per heavy atom. The van der Waals surface area contributed by atoms with Crippen LogP contribution in [0.25, 0.3) is 0 Å². The first-order valence-electron chi connectivity index (χ1n) is 9.01. The van der Waals surface area contributed by atoms with Gasteiger partial charge in [-0.1, -0.05) is 12.1 Å². The summed E-state index contributed by atoms with van der Waals surface area (Å²) in [6.07, 6.45) is 2.38. The van der Waals surface area contributed by atoms with Crippen molar-refractivity contribution >= 4 is 15.9 Å². The second-order valence-electron chi connectivity index (χ2n) is 6.83. The second kappa shape index (κ2) is 7.84. The molecular formula is C18H26N2O5S. The molecule has 0 spiro atoms. The van der Waals surface area contributed by atoms with Gasteiger partial charge in [0.25, 0.3) is 0 Å². The molecule has 8 heteroatoms. The molecule has 7 nitrogen and oxygen atoms in total. The van der Waals surface area contributed by atoms with Crippen molar-refractivity contribution in [3.8, 4) is 11.5 Å². The van der Waals surface area contributed by atoms with Crippen molar-refractivity contribution in [1.82, 2.24) is 9.21 Å². The number of benzene rings is 1. The topological polar surface area (TPSA) is 76.2 Å². The maximum absolute atomic E-state index is 12.9. The summed E-state index contributed by atoms with van der Waals surface area (Å²) in [6, 6.07) is 7.48. The molecule has 2 atom stereocenters. The summed E-state index contributed by atoms with van der Waals surface area (Å²) in [6.45, 7) is 4.05. The van der Waals surface area contributed by atoms with Crippen molar-refractivity contribution in [3.63, 3.8) is 0 Å². The molecule has 0 saturated carbocycles. The van der Waals surface area contributed by atoms with E-state index in [1.54, 1.807) is 4.90 Å². The van der Waals surface area contributed by atoms with Gasteiger partial charge in [-0.25, -0.2) is 12.7 Å². The zero-order chi connectivity index (χ0) is 18.7. The van der Waals surface area contributed by atoms with Gasteiger partial charge in [-0.3, -0.25) is 4.79 Å². The normalized spacial score (nSPS) is 23.5. The van der Waals surface area contributed by atoms with Gasteiger partial charge < -0.3 is 14.4 Å². The zero-order valence-corrected chi connectivity index (χ0v) is 16.1. The van der Waals surface area contributed by atoms with Gasteiger partial charge in [0, 0.05) is 19.6 Å². The van der Waals surface area contributed by atoms with Crippen molar-refractivity contribution in [1.29, 1.82) is 0 Å². The van der Waals surface area contributed by atoms with Crippen LogP contribution in [-0.4, -0.2) is 68.7 Å². The average molecular weight is 382 g/mol. The van der Waals surface area contributed by atoms with Crippen molar-refractivity contribution in [2.24, 2.45) is 5.92 Å². The van der Waals surface area contributed by atoms with E-state index in [9.17, 15) is 13.2 Å². The van der Waals surface area contributed by atoms with Crippen LogP contribution >= 0.6 is 0 Å². The largest absolute Gasteiger partial charge is 0.486 e. The van der Waals surface area contributed by atoms with Crippen LogP contribution in [0.5, 0.6) is 11.5 Å². The minimum absolute atomic E-state index is 0.0108. The minimum atomic E-state index is -3.27. The number of hydrogen-bond acceptors (Lipinski definition) is 5. The van der Waals surface area contributed by atoms with E-state index in [2.05, 4.69) is 0 Å². The Morgan fingerprint density at radius 1 is 1.31 bits per heavy atom. The molecule has 1 fully saturated rings. The van der Waals surface area contributed by atoms with Gasteiger partial charge in [-0.2, -0.15) is 0 Å². The smallest absolute Gasteiger partial charge is 0.227 e. The van der Waals surface area contributed by atoms with Gasteiger partial charge in [-0.05, 0) is 31.9 Å². The van der Waals surface area contributed by atoms with Crippen molar-refractivity contribution in [3.05, 3.63) is 24.3 Å². The third-order valence-corrected chi connectivity index (χ3v) is 6.16. The zero-order valence-electron chi connectivity index (χ0n) is 15.3. The van der Waals surface area contributed by atoms with Gasteiger partial charge in [0.15, 0.2) is 17.6 Å². The fraction of sp³-hybridized carbons (Fsp3) is 0.611. The number of carbonyl (C=O) groups is 1. The van der Waals surface area contributed by atoms with Crippen LogP contribution in [0.1, 0.15) is 19.8 Å². The molecule has 1 aromatic rings. The fourth-order valence-electron chi connectivity index (χ4n) is 3.48. The quantitative estimate of drug-likeness (QED) is 0.768. The summed E-state index contributed by atoms with van der Waals surface area (Å²) in [7, 11) is -3.27. The van der Waals surface area contributed by atoms with Gasteiger partial charge in [0.1, 0.15) is 6.61 Å². The Labute approximate surface area is 154 Å². The number of likely N-dealkylation sites (N-methyl/N-ethyl adjacent to an activating group) is 1. The van der Waals surface area contributed by atoms with E-state index in [0.29, 0.717) is 50.6 Å². The number of carbonyl (C=O) groups excluding carboxylic acids is 1. The third kappa shape index (κ3) is 4.29. The highest BCUT2D eigenvalue weighted by Crippen LogP contribution is 2.31. The van der Waals surface area contributed by atoms with Gasteiger partial charge in [0.05, 0.1) is 18.7 Å². The van der Waals surface area contributed by atoms with E-state index in [1.807, 2.05) is 31.2 Å². The number of fused-ring (bicyclic) bond motifs is 1. The van der Waals surface area contributed by atoms with Gasteiger partial charge >= 0.3 is 0 Å². The molecular weight excluding hydrogens is 356 g/mol. The highest BCUT2D eigenvalue weighted by molar-refractivity contribution is 7.88. The first-order chi connectivity index (χ1) is 12.4. The molecule has 0 radical (unpaired) electrons. The summed E-state index contributed by atoms with van der Waals surface area (Å²) in [5.74, 6) is 1.10. The molecule has 2 heterocycles. The van der Waals surface area contributed by atoms with E-state index >= 15 is 0 Å². The Hall–Kier alpha value is -1.80. The Bertz CT molecular complexity index is 752. The molecule has 0 aliphatic carbocycles. The van der Waals surface area contributed by atoms with E-state index in [0.717, 1.165) is 0 Å². The summed E-state index contributed by atoms with van der Waals surface area (Å²) in [5, 5.41) is 0. The molecule has 144 valence electrons. The lowest BCUT2D eigenvalue weighted by molar-refractivity contribution is -0.138. The lowest BCUT2D eigenvalue weighted by Crippen LogP contribution is -2.49. The fourth-order valence-corrected chi connectivity index (χ4v) is 4.39. The maximum Gasteiger partial charge on any atom is 0.227 e. The Morgan fingerprint density at radius 3 is 2.73 bits per heavy atom. The number of hydrogen-bond donors (Lipinski definition) is 0. The minimum Gasteiger partial charge on any atom is -0.486 e. The van der Waals surface area contributed by atoms with Crippen LogP contribution in [0.3, 0.4) is 0 Å². The van der Waals surface area contributed by atoms with Crippen LogP contribution in [-0.2, 0) is 14.8 Å². The molecule has 1 amide bonds. The number of amides is 1. The number of sulfonamides is 1. The first-order valence-corrected chi connectivity index (χ1v) is 10.9. The molecule has 2 aliphatic rings. The highest BCUT2D eigenvalue weighted by Gasteiger charge is 2.33.